The summed E-state index contributed by atoms with van der Waals surface area (Å²) >= 11 is 6.12. The van der Waals surface area contributed by atoms with Gasteiger partial charge in [-0.3, -0.25) is 9.59 Å². The first kappa shape index (κ1) is 31.2. The number of hydrogen-bond acceptors (Lipinski definition) is 4. The number of rotatable bonds is 6. The molecular formula is C31H39ClF3N3O3. The highest BCUT2D eigenvalue weighted by Gasteiger charge is 2.43. The Labute approximate surface area is 245 Å². The van der Waals surface area contributed by atoms with Crippen LogP contribution in [0.3, 0.4) is 0 Å². The molecule has 0 bridgehead atoms. The van der Waals surface area contributed by atoms with Crippen molar-refractivity contribution in [3.63, 3.8) is 0 Å². The standard InChI is InChI=1S/C31H39ClF3N3O3/c1-30(2,3)19-37-14-12-21(13-15-37)29(40)38-17-24(20-6-9-23(32)10-7-20)26(18-38)36(4)28(39)22-8-11-27(41-5)25(16-22)31(33,34)35/h6-11,16,21,24,26H,12-15,17-19H2,1-5H3. The van der Waals surface area contributed by atoms with E-state index in [1.807, 2.05) is 17.0 Å². The molecule has 0 radical (unpaired) electrons. The van der Waals surface area contributed by atoms with Gasteiger partial charge in [0.1, 0.15) is 5.75 Å². The van der Waals surface area contributed by atoms with Crippen LogP contribution in [-0.2, 0) is 11.0 Å². The van der Waals surface area contributed by atoms with E-state index in [9.17, 15) is 22.8 Å². The van der Waals surface area contributed by atoms with Crippen molar-refractivity contribution in [1.82, 2.24) is 14.7 Å². The molecular weight excluding hydrogens is 555 g/mol. The summed E-state index contributed by atoms with van der Waals surface area (Å²) in [5.41, 5.74) is 0.00763. The number of ether oxygens (including phenoxy) is 1. The first-order valence-corrected chi connectivity index (χ1v) is 14.3. The lowest BCUT2D eigenvalue weighted by molar-refractivity contribution is -0.139. The second kappa shape index (κ2) is 12.2. The quantitative estimate of drug-likeness (QED) is 0.401. The zero-order valence-corrected chi connectivity index (χ0v) is 25.1. The molecule has 2 aliphatic rings. The average molecular weight is 594 g/mol. The molecule has 224 valence electrons. The number of carbonyl (C=O) groups excluding carboxylic acids is 2. The molecule has 0 spiro atoms. The van der Waals surface area contributed by atoms with E-state index in [1.54, 1.807) is 19.2 Å². The summed E-state index contributed by atoms with van der Waals surface area (Å²) in [6.45, 7) is 10.1. The minimum Gasteiger partial charge on any atom is -0.496 e. The highest BCUT2D eigenvalue weighted by atomic mass is 35.5. The van der Waals surface area contributed by atoms with Gasteiger partial charge in [0.2, 0.25) is 5.91 Å². The molecule has 2 atom stereocenters. The van der Waals surface area contributed by atoms with Gasteiger partial charge in [0.05, 0.1) is 18.7 Å². The van der Waals surface area contributed by atoms with Crippen molar-refractivity contribution < 1.29 is 27.5 Å². The van der Waals surface area contributed by atoms with Crippen LogP contribution in [0.5, 0.6) is 5.75 Å². The number of likely N-dealkylation sites (N-methyl/N-ethyl adjacent to an activating group) is 1. The van der Waals surface area contributed by atoms with E-state index >= 15 is 0 Å². The third kappa shape index (κ3) is 7.36. The van der Waals surface area contributed by atoms with Crippen molar-refractivity contribution in [2.45, 2.75) is 51.7 Å². The van der Waals surface area contributed by atoms with Crippen LogP contribution in [0.15, 0.2) is 42.5 Å². The van der Waals surface area contributed by atoms with Crippen molar-refractivity contribution in [3.8, 4) is 5.75 Å². The van der Waals surface area contributed by atoms with E-state index in [2.05, 4.69) is 25.7 Å². The second-order valence-corrected chi connectivity index (χ2v) is 12.8. The van der Waals surface area contributed by atoms with Crippen LogP contribution in [0.4, 0.5) is 13.2 Å². The maximum Gasteiger partial charge on any atom is 0.419 e. The molecule has 0 aromatic heterocycles. The largest absolute Gasteiger partial charge is 0.496 e. The number of methoxy groups -OCH3 is 1. The molecule has 10 heteroatoms. The highest BCUT2D eigenvalue weighted by molar-refractivity contribution is 6.30. The summed E-state index contributed by atoms with van der Waals surface area (Å²) in [7, 11) is 2.75. The molecule has 2 unspecified atom stereocenters. The van der Waals surface area contributed by atoms with Gasteiger partial charge in [0, 0.05) is 49.1 Å². The number of halogens is 4. The first-order chi connectivity index (χ1) is 19.2. The van der Waals surface area contributed by atoms with Crippen molar-refractivity contribution >= 4 is 23.4 Å². The lowest BCUT2D eigenvalue weighted by Crippen LogP contribution is -2.45. The summed E-state index contributed by atoms with van der Waals surface area (Å²) in [5, 5.41) is 0.570. The lowest BCUT2D eigenvalue weighted by Gasteiger charge is -2.36. The lowest BCUT2D eigenvalue weighted by atomic mass is 9.91. The molecule has 2 aliphatic heterocycles. The maximum absolute atomic E-state index is 13.7. The van der Waals surface area contributed by atoms with Gasteiger partial charge in [-0.2, -0.15) is 13.2 Å². The Balaban J connectivity index is 1.55. The molecule has 2 saturated heterocycles. The number of carbonyl (C=O) groups is 2. The van der Waals surface area contributed by atoms with E-state index in [1.165, 1.54) is 11.0 Å². The number of amides is 2. The maximum atomic E-state index is 13.7. The molecule has 2 aromatic carbocycles. The number of benzene rings is 2. The van der Waals surface area contributed by atoms with Gasteiger partial charge in [0.15, 0.2) is 0 Å². The summed E-state index contributed by atoms with van der Waals surface area (Å²) in [5.74, 6) is -1.13. The van der Waals surface area contributed by atoms with Crippen LogP contribution in [0.2, 0.25) is 5.02 Å². The van der Waals surface area contributed by atoms with Crippen molar-refractivity contribution in [2.75, 3.05) is 46.9 Å². The van der Waals surface area contributed by atoms with E-state index < -0.39 is 23.7 Å². The fourth-order valence-electron chi connectivity index (χ4n) is 6.08. The Morgan fingerprint density at radius 1 is 1.02 bits per heavy atom. The third-order valence-corrected chi connectivity index (χ3v) is 8.36. The number of hydrogen-bond donors (Lipinski definition) is 0. The normalized spacial score (nSPS) is 20.8. The highest BCUT2D eigenvalue weighted by Crippen LogP contribution is 2.38. The number of piperidine rings is 1. The zero-order valence-electron chi connectivity index (χ0n) is 24.3. The van der Waals surface area contributed by atoms with Gasteiger partial charge in [-0.15, -0.1) is 0 Å². The van der Waals surface area contributed by atoms with Crippen molar-refractivity contribution in [2.24, 2.45) is 11.3 Å². The number of nitrogens with zero attached hydrogens (tertiary/aromatic N) is 3. The van der Waals surface area contributed by atoms with Crippen LogP contribution >= 0.6 is 11.6 Å². The molecule has 0 aliphatic carbocycles. The van der Waals surface area contributed by atoms with E-state index in [0.717, 1.165) is 57.3 Å². The summed E-state index contributed by atoms with van der Waals surface area (Å²) in [6.07, 6.45) is -3.11. The fraction of sp³-hybridized carbons (Fsp3) is 0.548. The van der Waals surface area contributed by atoms with Crippen LogP contribution in [0.25, 0.3) is 0 Å². The Morgan fingerprint density at radius 3 is 2.22 bits per heavy atom. The Bertz CT molecular complexity index is 1240. The van der Waals surface area contributed by atoms with Crippen molar-refractivity contribution in [1.29, 1.82) is 0 Å². The fourth-order valence-corrected chi connectivity index (χ4v) is 6.21. The SMILES string of the molecule is COc1ccc(C(=O)N(C)C2CN(C(=O)C3CCN(CC(C)(C)C)CC3)CC2c2ccc(Cl)cc2)cc1C(F)(F)F. The summed E-state index contributed by atoms with van der Waals surface area (Å²) in [4.78, 5) is 33.0. The van der Waals surface area contributed by atoms with Gasteiger partial charge in [-0.1, -0.05) is 44.5 Å². The molecule has 2 amide bonds. The Morgan fingerprint density at radius 2 is 1.66 bits per heavy atom. The summed E-state index contributed by atoms with van der Waals surface area (Å²) in [6, 6.07) is 10.2. The average Bonchev–Trinajstić information content (AvgIpc) is 3.36. The van der Waals surface area contributed by atoms with Crippen LogP contribution in [0, 0.1) is 11.3 Å². The summed E-state index contributed by atoms with van der Waals surface area (Å²) < 4.78 is 45.8. The predicted octanol–water partition coefficient (Wildman–Crippen LogP) is 6.19. The van der Waals surface area contributed by atoms with Gasteiger partial charge in [-0.25, -0.2) is 0 Å². The van der Waals surface area contributed by atoms with Gasteiger partial charge in [-0.05, 0) is 67.2 Å². The molecule has 0 saturated carbocycles. The molecule has 6 nitrogen and oxygen atoms in total. The molecule has 41 heavy (non-hydrogen) atoms. The van der Waals surface area contributed by atoms with Gasteiger partial charge in [0.25, 0.3) is 5.91 Å². The van der Waals surface area contributed by atoms with E-state index in [0.29, 0.717) is 18.1 Å². The minimum absolute atomic E-state index is 0.0755. The predicted molar refractivity (Wildman–Crippen MR) is 153 cm³/mol. The van der Waals surface area contributed by atoms with Gasteiger partial charge >= 0.3 is 6.18 Å². The van der Waals surface area contributed by atoms with Crippen molar-refractivity contribution in [3.05, 3.63) is 64.2 Å². The smallest absolute Gasteiger partial charge is 0.419 e. The molecule has 2 fully saturated rings. The van der Waals surface area contributed by atoms with E-state index in [4.69, 9.17) is 16.3 Å². The molecule has 0 N–H and O–H groups in total. The third-order valence-electron chi connectivity index (χ3n) is 8.10. The van der Waals surface area contributed by atoms with E-state index in [-0.39, 0.29) is 34.5 Å². The van der Waals surface area contributed by atoms with Crippen LogP contribution in [-0.4, -0.2) is 79.4 Å². The van der Waals surface area contributed by atoms with Gasteiger partial charge < -0.3 is 19.4 Å². The second-order valence-electron chi connectivity index (χ2n) is 12.4. The first-order valence-electron chi connectivity index (χ1n) is 14.0. The topological polar surface area (TPSA) is 53.1 Å². The Kier molecular flexibility index (Phi) is 9.29. The minimum atomic E-state index is -4.68. The number of likely N-dealkylation sites (tertiary alicyclic amines) is 2. The molecule has 2 aromatic rings. The zero-order chi connectivity index (χ0) is 30.1. The van der Waals surface area contributed by atoms with Crippen LogP contribution in [0.1, 0.15) is 61.0 Å². The molecule has 2 heterocycles. The Hall–Kier alpha value is -2.78. The van der Waals surface area contributed by atoms with Crippen LogP contribution < -0.4 is 4.74 Å². The number of alkyl halides is 3. The molecule has 4 rings (SSSR count). The monoisotopic (exact) mass is 593 g/mol.